The van der Waals surface area contributed by atoms with Crippen LogP contribution in [0.1, 0.15) is 108 Å². The molecule has 228 valence electrons. The number of aliphatic hydroxyl groups excluding tert-OH is 1. The van der Waals surface area contributed by atoms with Gasteiger partial charge in [0.2, 0.25) is 0 Å². The second-order valence-electron chi connectivity index (χ2n) is 10.7. The Balaban J connectivity index is 0. The number of methoxy groups -OCH3 is 1. The maximum Gasteiger partial charge on any atom is 0.290 e. The first-order chi connectivity index (χ1) is 19.3. The number of hydrogen-bond acceptors (Lipinski definition) is 5. The van der Waals surface area contributed by atoms with Crippen molar-refractivity contribution in [3.63, 3.8) is 0 Å². The molecular formula is C34H56O6. The fraction of sp³-hybridized carbons (Fsp3) is 0.618. The molecule has 0 bridgehead atoms. The van der Waals surface area contributed by atoms with Crippen LogP contribution in [0.25, 0.3) is 0 Å². The number of allylic oxidation sites excluding steroid dienone is 1. The molecule has 1 aromatic carbocycles. The van der Waals surface area contributed by atoms with Crippen LogP contribution in [0.3, 0.4) is 0 Å². The van der Waals surface area contributed by atoms with Gasteiger partial charge in [-0.05, 0) is 87.2 Å². The molecule has 40 heavy (non-hydrogen) atoms. The van der Waals surface area contributed by atoms with E-state index in [0.29, 0.717) is 12.2 Å². The molecule has 1 aliphatic carbocycles. The van der Waals surface area contributed by atoms with E-state index in [9.17, 15) is 4.79 Å². The van der Waals surface area contributed by atoms with E-state index in [4.69, 9.17) is 24.5 Å². The average Bonchev–Trinajstić information content (AvgIpc) is 2.97. The lowest BCUT2D eigenvalue weighted by molar-refractivity contribution is -0.122. The highest BCUT2D eigenvalue weighted by atomic mass is 16.5. The van der Waals surface area contributed by atoms with Gasteiger partial charge in [-0.25, -0.2) is 0 Å². The zero-order valence-corrected chi connectivity index (χ0v) is 25.5. The molecule has 2 N–H and O–H groups in total. The van der Waals surface area contributed by atoms with Crippen LogP contribution in [0.4, 0.5) is 0 Å². The van der Waals surface area contributed by atoms with Gasteiger partial charge in [-0.2, -0.15) is 0 Å². The van der Waals surface area contributed by atoms with Gasteiger partial charge in [0.1, 0.15) is 13.1 Å². The Morgan fingerprint density at radius 1 is 1.02 bits per heavy atom. The molecule has 1 fully saturated rings. The number of aldehydes is 1. The lowest BCUT2D eigenvalue weighted by atomic mass is 9.77. The lowest BCUT2D eigenvalue weighted by Crippen LogP contribution is -2.14. The Morgan fingerprint density at radius 2 is 1.62 bits per heavy atom. The number of aliphatic hydroxyl groups is 1. The molecule has 1 aromatic rings. The summed E-state index contributed by atoms with van der Waals surface area (Å²) in [7, 11) is 1.82. The van der Waals surface area contributed by atoms with Crippen LogP contribution in [0.5, 0.6) is 0 Å². The van der Waals surface area contributed by atoms with E-state index in [-0.39, 0.29) is 18.7 Å². The second kappa shape index (κ2) is 28.0. The second-order valence-corrected chi connectivity index (χ2v) is 10.7. The Hall–Kier alpha value is -2.57. The third-order valence-electron chi connectivity index (χ3n) is 7.25. The highest BCUT2D eigenvalue weighted by Gasteiger charge is 2.22. The van der Waals surface area contributed by atoms with Crippen LogP contribution in [0, 0.1) is 11.8 Å². The fourth-order valence-electron chi connectivity index (χ4n) is 5.20. The lowest BCUT2D eigenvalue weighted by Gasteiger charge is -2.29. The molecule has 1 aliphatic rings. The topological polar surface area (TPSA) is 101 Å². The molecule has 1 atom stereocenters. The van der Waals surface area contributed by atoms with Gasteiger partial charge in [0.25, 0.3) is 6.47 Å². The minimum atomic E-state index is -0.250. The molecule has 0 aliphatic heterocycles. The molecule has 6 heteroatoms. The number of carbonyl (C=O) groups is 3. The number of aryl methyl sites for hydroxylation is 1. The van der Waals surface area contributed by atoms with E-state index in [0.717, 1.165) is 24.9 Å². The molecule has 0 amide bonds. The molecule has 0 spiro atoms. The first-order valence-electron chi connectivity index (χ1n) is 14.7. The van der Waals surface area contributed by atoms with Crippen LogP contribution in [0.15, 0.2) is 48.6 Å². The third kappa shape index (κ3) is 21.3. The molecule has 6 nitrogen and oxygen atoms in total. The predicted molar refractivity (Wildman–Crippen MR) is 166 cm³/mol. The number of unbranched alkanes of at least 4 members (excludes halogenated alkanes) is 3. The zero-order valence-electron chi connectivity index (χ0n) is 25.5. The Morgan fingerprint density at radius 3 is 2.08 bits per heavy atom. The van der Waals surface area contributed by atoms with Crippen LogP contribution < -0.4 is 0 Å². The normalized spacial score (nSPS) is 16.4. The van der Waals surface area contributed by atoms with Crippen molar-refractivity contribution in [1.29, 1.82) is 0 Å². The Bertz CT molecular complexity index is 765. The van der Waals surface area contributed by atoms with Gasteiger partial charge < -0.3 is 19.7 Å². The third-order valence-corrected chi connectivity index (χ3v) is 7.25. The molecule has 0 aromatic heterocycles. The summed E-state index contributed by atoms with van der Waals surface area (Å²) >= 11 is 0. The predicted octanol–water partition coefficient (Wildman–Crippen LogP) is 7.73. The van der Waals surface area contributed by atoms with Gasteiger partial charge in [-0.3, -0.25) is 9.59 Å². The molecule has 1 saturated carbocycles. The molecule has 2 rings (SSSR count). The maximum absolute atomic E-state index is 9.48. The summed E-state index contributed by atoms with van der Waals surface area (Å²) in [5.41, 5.74) is 4.62. The minimum absolute atomic E-state index is 0.218. The SMILES string of the molecule is C=C(C)CC(CCCCC1CCC(c2ccc(CCCCC)cc2)CC1)COC.C=C(C=O)CO.C=O.O=CO. The van der Waals surface area contributed by atoms with Gasteiger partial charge in [-0.15, -0.1) is 6.58 Å². The van der Waals surface area contributed by atoms with Crippen molar-refractivity contribution in [3.05, 3.63) is 59.7 Å². The highest BCUT2D eigenvalue weighted by molar-refractivity contribution is 5.72. The van der Waals surface area contributed by atoms with Crippen molar-refractivity contribution < 1.29 is 29.3 Å². The average molecular weight is 561 g/mol. The Kier molecular flexibility index (Phi) is 27.7. The van der Waals surface area contributed by atoms with E-state index in [1.165, 1.54) is 88.2 Å². The van der Waals surface area contributed by atoms with Crippen molar-refractivity contribution in [2.45, 2.75) is 103 Å². The van der Waals surface area contributed by atoms with Crippen molar-refractivity contribution in [2.24, 2.45) is 11.8 Å². The molecular weight excluding hydrogens is 504 g/mol. The van der Waals surface area contributed by atoms with Crippen LogP contribution in [-0.4, -0.2) is 50.1 Å². The molecule has 0 heterocycles. The summed E-state index contributed by atoms with van der Waals surface area (Å²) in [6.45, 7) is 14.1. The first-order valence-corrected chi connectivity index (χ1v) is 14.7. The highest BCUT2D eigenvalue weighted by Crippen LogP contribution is 2.38. The Labute approximate surface area is 243 Å². The van der Waals surface area contributed by atoms with Crippen molar-refractivity contribution in [2.75, 3.05) is 20.3 Å². The summed E-state index contributed by atoms with van der Waals surface area (Å²) in [5.74, 6) is 2.43. The quantitative estimate of drug-likeness (QED) is 0.0928. The summed E-state index contributed by atoms with van der Waals surface area (Å²) in [4.78, 5) is 25.8. The van der Waals surface area contributed by atoms with Crippen molar-refractivity contribution in [3.8, 4) is 0 Å². The van der Waals surface area contributed by atoms with Crippen molar-refractivity contribution >= 4 is 19.5 Å². The fourth-order valence-corrected chi connectivity index (χ4v) is 5.20. The maximum atomic E-state index is 9.48. The number of hydrogen-bond donors (Lipinski definition) is 2. The molecule has 0 saturated heterocycles. The molecule has 1 unspecified atom stereocenters. The molecule has 0 radical (unpaired) electrons. The minimum Gasteiger partial charge on any atom is -0.483 e. The zero-order chi connectivity index (χ0) is 30.6. The number of benzene rings is 1. The summed E-state index contributed by atoms with van der Waals surface area (Å²) < 4.78 is 5.40. The number of carbonyl (C=O) groups excluding carboxylic acids is 2. The van der Waals surface area contributed by atoms with Crippen molar-refractivity contribution in [1.82, 2.24) is 0 Å². The van der Waals surface area contributed by atoms with Crippen LogP contribution >= 0.6 is 0 Å². The first kappa shape index (κ1) is 39.6. The van der Waals surface area contributed by atoms with E-state index in [1.54, 1.807) is 5.56 Å². The van der Waals surface area contributed by atoms with E-state index in [1.807, 2.05) is 13.9 Å². The van der Waals surface area contributed by atoms with Gasteiger partial charge in [-0.1, -0.05) is 75.4 Å². The van der Waals surface area contributed by atoms with Gasteiger partial charge in [0.05, 0.1) is 6.61 Å². The van der Waals surface area contributed by atoms with E-state index < -0.39 is 0 Å². The summed E-state index contributed by atoms with van der Waals surface area (Å²) in [6.07, 6.45) is 18.0. The standard InChI is InChI=1S/C28H46O.C4H6O2.CH2O2.CH2O/c1-5-6-7-10-24-13-17-27(18-14-24)28-19-15-25(16-20-28)11-8-9-12-26(22-29-4)21-23(2)3;1-4(2-5)3-6;2-1-3;1-2/h13-14,17-18,25-26,28H,2,5-12,15-16,19-22H2,1,3-4H3;2,6H,1,3H2;1H,(H,2,3);1H2. The summed E-state index contributed by atoms with van der Waals surface area (Å²) in [6, 6.07) is 9.62. The van der Waals surface area contributed by atoms with Gasteiger partial charge >= 0.3 is 0 Å². The largest absolute Gasteiger partial charge is 0.483 e. The smallest absolute Gasteiger partial charge is 0.290 e. The van der Waals surface area contributed by atoms with Crippen LogP contribution in [0.2, 0.25) is 0 Å². The van der Waals surface area contributed by atoms with Gasteiger partial charge in [0, 0.05) is 19.3 Å². The van der Waals surface area contributed by atoms with Crippen LogP contribution in [-0.2, 0) is 25.5 Å². The number of rotatable bonds is 16. The number of ether oxygens (including phenoxy) is 1. The number of carboxylic acid groups (broad SMARTS) is 1. The van der Waals surface area contributed by atoms with Gasteiger partial charge in [0.15, 0.2) is 0 Å². The van der Waals surface area contributed by atoms with E-state index in [2.05, 4.69) is 51.3 Å². The monoisotopic (exact) mass is 560 g/mol. The summed E-state index contributed by atoms with van der Waals surface area (Å²) in [5, 5.41) is 14.9. The van der Waals surface area contributed by atoms with E-state index >= 15 is 0 Å².